The lowest BCUT2D eigenvalue weighted by Crippen LogP contribution is -2.17. The Hall–Kier alpha value is -2.85. The molecular formula is C18H16F6N4O. The van der Waals surface area contributed by atoms with Crippen molar-refractivity contribution in [3.05, 3.63) is 57.3 Å². The Balaban J connectivity index is 2.07. The number of hydrogen-bond acceptors (Lipinski definition) is 3. The van der Waals surface area contributed by atoms with E-state index in [9.17, 15) is 31.1 Å². The Morgan fingerprint density at radius 1 is 1.10 bits per heavy atom. The van der Waals surface area contributed by atoms with Crippen molar-refractivity contribution in [3.8, 4) is 0 Å². The van der Waals surface area contributed by atoms with Gasteiger partial charge < -0.3 is 4.98 Å². The largest absolute Gasteiger partial charge is 0.416 e. The summed E-state index contributed by atoms with van der Waals surface area (Å²) in [6.45, 7) is 2.57. The molecule has 0 radical (unpaired) electrons. The molecule has 0 saturated heterocycles. The van der Waals surface area contributed by atoms with Crippen molar-refractivity contribution in [2.24, 2.45) is 0 Å². The molecule has 0 aliphatic rings. The van der Waals surface area contributed by atoms with Crippen molar-refractivity contribution in [2.45, 2.75) is 45.1 Å². The number of nitrogens with zero attached hydrogens (tertiary/aromatic N) is 3. The molecular weight excluding hydrogens is 402 g/mol. The van der Waals surface area contributed by atoms with E-state index < -0.39 is 42.4 Å². The number of rotatable bonds is 4. The molecule has 0 spiro atoms. The second-order valence-electron chi connectivity index (χ2n) is 6.66. The minimum absolute atomic E-state index is 0.103. The SMILES string of the molecule is Cc1nc2c(C(C)c3ccc(C(F)(F)F)cc3)nn(CCC(F)(F)F)c2c(=O)[nH]1. The van der Waals surface area contributed by atoms with Crippen LogP contribution in [0, 0.1) is 6.92 Å². The highest BCUT2D eigenvalue weighted by atomic mass is 19.4. The minimum atomic E-state index is -4.49. The summed E-state index contributed by atoms with van der Waals surface area (Å²) in [6, 6.07) is 4.38. The second kappa shape index (κ2) is 7.20. The van der Waals surface area contributed by atoms with Gasteiger partial charge in [-0.15, -0.1) is 0 Å². The van der Waals surface area contributed by atoms with Crippen molar-refractivity contribution in [1.29, 1.82) is 0 Å². The van der Waals surface area contributed by atoms with E-state index in [2.05, 4.69) is 15.1 Å². The standard InChI is InChI=1S/C18H16F6N4O/c1-9(11-3-5-12(6-4-11)18(22,23)24)13-14-15(16(29)26-10(2)25-14)28(27-13)8-7-17(19,20)21/h3-6,9H,7-8H2,1-2H3,(H,25,26,29). The number of aromatic nitrogens is 4. The molecule has 1 unspecified atom stereocenters. The fourth-order valence-electron chi connectivity index (χ4n) is 3.03. The Bertz CT molecular complexity index is 1080. The number of H-pyrrole nitrogens is 1. The van der Waals surface area contributed by atoms with Crippen LogP contribution in [0.5, 0.6) is 0 Å². The van der Waals surface area contributed by atoms with Crippen LogP contribution in [0.3, 0.4) is 0 Å². The van der Waals surface area contributed by atoms with Gasteiger partial charge >= 0.3 is 12.4 Å². The van der Waals surface area contributed by atoms with Crippen LogP contribution in [-0.2, 0) is 12.7 Å². The number of benzene rings is 1. The van der Waals surface area contributed by atoms with Crippen molar-refractivity contribution in [1.82, 2.24) is 19.7 Å². The van der Waals surface area contributed by atoms with E-state index in [1.165, 1.54) is 19.1 Å². The van der Waals surface area contributed by atoms with Gasteiger partial charge in [-0.1, -0.05) is 19.1 Å². The lowest BCUT2D eigenvalue weighted by atomic mass is 9.96. The molecule has 11 heteroatoms. The van der Waals surface area contributed by atoms with Gasteiger partial charge in [-0.25, -0.2) is 4.98 Å². The summed E-state index contributed by atoms with van der Waals surface area (Å²) in [4.78, 5) is 18.9. The number of aryl methyl sites for hydroxylation is 2. The molecule has 2 heterocycles. The molecule has 1 aromatic carbocycles. The van der Waals surface area contributed by atoms with Crippen LogP contribution in [-0.4, -0.2) is 25.9 Å². The summed E-state index contributed by atoms with van der Waals surface area (Å²) in [5, 5.41) is 4.15. The van der Waals surface area contributed by atoms with Crippen molar-refractivity contribution >= 4 is 11.0 Å². The molecule has 156 valence electrons. The molecule has 0 bridgehead atoms. The van der Waals surface area contributed by atoms with Crippen molar-refractivity contribution < 1.29 is 26.3 Å². The van der Waals surface area contributed by atoms with Gasteiger partial charge in [0.2, 0.25) is 0 Å². The van der Waals surface area contributed by atoms with Gasteiger partial charge in [0.05, 0.1) is 24.2 Å². The van der Waals surface area contributed by atoms with E-state index in [1.54, 1.807) is 6.92 Å². The summed E-state index contributed by atoms with van der Waals surface area (Å²) in [6.07, 6.45) is -10.1. The summed E-state index contributed by atoms with van der Waals surface area (Å²) in [7, 11) is 0. The molecule has 3 rings (SSSR count). The normalized spacial score (nSPS) is 13.8. The first-order valence-electron chi connectivity index (χ1n) is 8.58. The summed E-state index contributed by atoms with van der Waals surface area (Å²) in [5.41, 5.74) is -0.752. The predicted octanol–water partition coefficient (Wildman–Crippen LogP) is 4.55. The highest BCUT2D eigenvalue weighted by molar-refractivity contribution is 5.77. The Morgan fingerprint density at radius 3 is 2.28 bits per heavy atom. The van der Waals surface area contributed by atoms with Crippen molar-refractivity contribution in [3.63, 3.8) is 0 Å². The number of halogens is 6. The highest BCUT2D eigenvalue weighted by Gasteiger charge is 2.31. The third-order valence-corrected chi connectivity index (χ3v) is 4.50. The average Bonchev–Trinajstić information content (AvgIpc) is 2.97. The number of nitrogens with one attached hydrogen (secondary N) is 1. The van der Waals surface area contributed by atoms with E-state index in [-0.39, 0.29) is 22.6 Å². The number of fused-ring (bicyclic) bond motifs is 1. The molecule has 29 heavy (non-hydrogen) atoms. The lowest BCUT2D eigenvalue weighted by molar-refractivity contribution is -0.138. The topological polar surface area (TPSA) is 63.6 Å². The Kier molecular flexibility index (Phi) is 5.18. The maximum absolute atomic E-state index is 12.8. The fourth-order valence-corrected chi connectivity index (χ4v) is 3.03. The van der Waals surface area contributed by atoms with Gasteiger partial charge in [-0.05, 0) is 24.6 Å². The maximum Gasteiger partial charge on any atom is 0.416 e. The molecule has 0 aliphatic carbocycles. The summed E-state index contributed by atoms with van der Waals surface area (Å²) in [5.74, 6) is -0.348. The monoisotopic (exact) mass is 418 g/mol. The molecule has 1 atom stereocenters. The van der Waals surface area contributed by atoms with Crippen LogP contribution < -0.4 is 5.56 Å². The zero-order valence-electron chi connectivity index (χ0n) is 15.3. The smallest absolute Gasteiger partial charge is 0.309 e. The number of alkyl halides is 6. The molecule has 0 amide bonds. The predicted molar refractivity (Wildman–Crippen MR) is 92.5 cm³/mol. The van der Waals surface area contributed by atoms with Gasteiger partial charge in [0.1, 0.15) is 11.3 Å². The van der Waals surface area contributed by atoms with Gasteiger partial charge in [0, 0.05) is 5.92 Å². The van der Waals surface area contributed by atoms with Crippen molar-refractivity contribution in [2.75, 3.05) is 0 Å². The van der Waals surface area contributed by atoms with Gasteiger partial charge in [0.25, 0.3) is 5.56 Å². The molecule has 5 nitrogen and oxygen atoms in total. The van der Waals surface area contributed by atoms with Crippen LogP contribution >= 0.6 is 0 Å². The zero-order valence-corrected chi connectivity index (χ0v) is 15.3. The zero-order chi connectivity index (χ0) is 21.6. The lowest BCUT2D eigenvalue weighted by Gasteiger charge is -2.12. The van der Waals surface area contributed by atoms with Crippen LogP contribution in [0.4, 0.5) is 26.3 Å². The van der Waals surface area contributed by atoms with Crippen LogP contribution in [0.25, 0.3) is 11.0 Å². The third-order valence-electron chi connectivity index (χ3n) is 4.50. The number of hydrogen-bond donors (Lipinski definition) is 1. The average molecular weight is 418 g/mol. The van der Waals surface area contributed by atoms with E-state index in [0.717, 1.165) is 16.8 Å². The maximum atomic E-state index is 12.8. The molecule has 2 aromatic heterocycles. The fraction of sp³-hybridized carbons (Fsp3) is 0.389. The minimum Gasteiger partial charge on any atom is -0.309 e. The van der Waals surface area contributed by atoms with Crippen LogP contribution in [0.15, 0.2) is 29.1 Å². The third kappa shape index (κ3) is 4.43. The van der Waals surface area contributed by atoms with Gasteiger partial charge in [-0.2, -0.15) is 31.4 Å². The Labute approximate surface area is 160 Å². The molecule has 1 N–H and O–H groups in total. The molecule has 3 aromatic rings. The first-order valence-corrected chi connectivity index (χ1v) is 8.58. The van der Waals surface area contributed by atoms with Gasteiger partial charge in [-0.3, -0.25) is 9.48 Å². The molecule has 0 aliphatic heterocycles. The first-order chi connectivity index (χ1) is 13.4. The summed E-state index contributed by atoms with van der Waals surface area (Å²) < 4.78 is 77.2. The second-order valence-corrected chi connectivity index (χ2v) is 6.66. The Morgan fingerprint density at radius 2 is 1.72 bits per heavy atom. The van der Waals surface area contributed by atoms with Crippen LogP contribution in [0.1, 0.15) is 41.9 Å². The van der Waals surface area contributed by atoms with E-state index in [0.29, 0.717) is 5.56 Å². The van der Waals surface area contributed by atoms with E-state index >= 15 is 0 Å². The van der Waals surface area contributed by atoms with Crippen LogP contribution in [0.2, 0.25) is 0 Å². The highest BCUT2D eigenvalue weighted by Crippen LogP contribution is 2.33. The van der Waals surface area contributed by atoms with Gasteiger partial charge in [0.15, 0.2) is 5.52 Å². The quantitative estimate of drug-likeness (QED) is 0.633. The molecule has 0 saturated carbocycles. The number of aromatic amines is 1. The van der Waals surface area contributed by atoms with E-state index in [4.69, 9.17) is 0 Å². The molecule has 0 fully saturated rings. The van der Waals surface area contributed by atoms with E-state index in [1.807, 2.05) is 0 Å². The first kappa shape index (κ1) is 20.9. The summed E-state index contributed by atoms with van der Waals surface area (Å²) >= 11 is 0.